The standard InChI is InChI=1S/C44H65N11O14/c1-5-23(4)36(44(68)69)54-40(64)28(15-22(2)3)51-42(66)33-7-6-14-55(33)43(67)31(17-25-19-47-21-48-25)52-39(63)30(18-35(59)60)50-38(62)29(16-24-8-10-26(57)11-9-24)49-41(65)32(20-56)53-37(61)27(45)12-13-34(46)58/h8-11,19,21-23,27-33,36,56-57H,5-7,12-18,20,45H2,1-4H3,(H2,46,58)(H,47,48)(H,49,65)(H,50,62)(H,51,66)(H,52,63)(H,53,61)(H,54,64)(H,59,60)(H,68,69)/t23-,27-,28-,29-,30-,31-,32-,33-,36-/m0/s1. The summed E-state index contributed by atoms with van der Waals surface area (Å²) < 4.78 is 0. The topological polar surface area (TPSA) is 408 Å². The van der Waals surface area contributed by atoms with Crippen LogP contribution in [0.15, 0.2) is 36.8 Å². The molecule has 15 N–H and O–H groups in total. The third-order valence-electron chi connectivity index (χ3n) is 11.4. The number of phenols is 1. The summed E-state index contributed by atoms with van der Waals surface area (Å²) in [6.45, 7) is 6.10. The Bertz CT molecular complexity index is 2120. The molecule has 1 aliphatic heterocycles. The number of H-pyrrole nitrogens is 1. The molecule has 9 atom stereocenters. The van der Waals surface area contributed by atoms with Gasteiger partial charge in [-0.1, -0.05) is 46.2 Å². The fourth-order valence-corrected chi connectivity index (χ4v) is 7.41. The first-order chi connectivity index (χ1) is 32.5. The van der Waals surface area contributed by atoms with Gasteiger partial charge in [0.25, 0.3) is 0 Å². The van der Waals surface area contributed by atoms with Crippen molar-refractivity contribution < 1.29 is 68.4 Å². The zero-order chi connectivity index (χ0) is 51.5. The predicted molar refractivity (Wildman–Crippen MR) is 243 cm³/mol. The number of rotatable bonds is 28. The van der Waals surface area contributed by atoms with Gasteiger partial charge in [-0.3, -0.25) is 43.2 Å². The number of hydrogen-bond donors (Lipinski definition) is 13. The number of carboxylic acids is 2. The summed E-state index contributed by atoms with van der Waals surface area (Å²) in [5.74, 6) is -10.8. The summed E-state index contributed by atoms with van der Waals surface area (Å²) in [5, 5.41) is 54.1. The number of primary amides is 1. The van der Waals surface area contributed by atoms with Crippen molar-refractivity contribution in [3.63, 3.8) is 0 Å². The minimum absolute atomic E-state index is 0.0327. The second kappa shape index (κ2) is 27.0. The zero-order valence-electron chi connectivity index (χ0n) is 38.9. The van der Waals surface area contributed by atoms with E-state index in [0.717, 1.165) is 0 Å². The van der Waals surface area contributed by atoms with Crippen LogP contribution in [-0.2, 0) is 60.8 Å². The number of carboxylic acid groups (broad SMARTS) is 2. The molecule has 0 spiro atoms. The lowest BCUT2D eigenvalue weighted by molar-refractivity contribution is -0.145. The molecule has 1 aliphatic rings. The van der Waals surface area contributed by atoms with E-state index in [-0.39, 0.29) is 56.7 Å². The highest BCUT2D eigenvalue weighted by Gasteiger charge is 2.41. The Hall–Kier alpha value is -7.15. The third kappa shape index (κ3) is 17.8. The summed E-state index contributed by atoms with van der Waals surface area (Å²) in [6.07, 6.45) is 1.68. The molecule has 0 bridgehead atoms. The molecule has 1 aromatic carbocycles. The molecule has 0 saturated carbocycles. The summed E-state index contributed by atoms with van der Waals surface area (Å²) in [4.78, 5) is 139. The Balaban J connectivity index is 1.89. The minimum Gasteiger partial charge on any atom is -0.508 e. The zero-order valence-corrected chi connectivity index (χ0v) is 38.9. The van der Waals surface area contributed by atoms with Crippen LogP contribution < -0.4 is 43.4 Å². The second-order valence-corrected chi connectivity index (χ2v) is 17.4. The van der Waals surface area contributed by atoms with Gasteiger partial charge in [0.1, 0.15) is 48.0 Å². The van der Waals surface area contributed by atoms with Gasteiger partial charge in [-0.2, -0.15) is 0 Å². The molecule has 380 valence electrons. The van der Waals surface area contributed by atoms with Crippen molar-refractivity contribution in [2.75, 3.05) is 13.2 Å². The highest BCUT2D eigenvalue weighted by molar-refractivity contribution is 5.99. The van der Waals surface area contributed by atoms with Gasteiger partial charge in [0, 0.05) is 37.7 Å². The Labute approximate surface area is 397 Å². The van der Waals surface area contributed by atoms with Crippen molar-refractivity contribution in [2.45, 2.75) is 134 Å². The molecule has 1 aromatic heterocycles. The number of nitrogens with zero attached hydrogens (tertiary/aromatic N) is 2. The van der Waals surface area contributed by atoms with E-state index in [0.29, 0.717) is 24.1 Å². The number of aliphatic carboxylic acids is 2. The normalized spacial score (nSPS) is 16.9. The number of aromatic amines is 1. The van der Waals surface area contributed by atoms with E-state index in [1.807, 2.05) is 0 Å². The summed E-state index contributed by atoms with van der Waals surface area (Å²) in [7, 11) is 0. The molecule has 1 fully saturated rings. The molecule has 2 heterocycles. The van der Waals surface area contributed by atoms with Crippen LogP contribution in [0.4, 0.5) is 0 Å². The first-order valence-electron chi connectivity index (χ1n) is 22.5. The number of carbonyl (C=O) groups is 10. The number of aliphatic hydroxyl groups is 1. The molecule has 25 nitrogen and oxygen atoms in total. The number of nitrogens with two attached hydrogens (primary N) is 2. The number of aromatic nitrogens is 2. The second-order valence-electron chi connectivity index (χ2n) is 17.4. The van der Waals surface area contributed by atoms with Gasteiger partial charge in [0.2, 0.25) is 47.3 Å². The smallest absolute Gasteiger partial charge is 0.326 e. The molecule has 25 heteroatoms. The maximum atomic E-state index is 14.5. The number of benzene rings is 1. The van der Waals surface area contributed by atoms with Gasteiger partial charge >= 0.3 is 11.9 Å². The summed E-state index contributed by atoms with van der Waals surface area (Å²) >= 11 is 0. The maximum Gasteiger partial charge on any atom is 0.326 e. The monoisotopic (exact) mass is 971 g/mol. The first kappa shape index (κ1) is 56.2. The van der Waals surface area contributed by atoms with Crippen molar-refractivity contribution in [2.24, 2.45) is 23.3 Å². The van der Waals surface area contributed by atoms with Crippen molar-refractivity contribution in [1.82, 2.24) is 46.8 Å². The Morgan fingerprint density at radius 1 is 0.797 bits per heavy atom. The average molecular weight is 972 g/mol. The predicted octanol–water partition coefficient (Wildman–Crippen LogP) is -2.96. The molecule has 8 amide bonds. The van der Waals surface area contributed by atoms with Crippen LogP contribution in [0.2, 0.25) is 0 Å². The first-order valence-corrected chi connectivity index (χ1v) is 22.5. The fraction of sp³-hybridized carbons (Fsp3) is 0.568. The van der Waals surface area contributed by atoms with E-state index >= 15 is 0 Å². The van der Waals surface area contributed by atoms with Gasteiger partial charge in [-0.05, 0) is 55.2 Å². The van der Waals surface area contributed by atoms with E-state index in [2.05, 4.69) is 41.9 Å². The Morgan fingerprint density at radius 2 is 1.39 bits per heavy atom. The van der Waals surface area contributed by atoms with Crippen molar-refractivity contribution >= 4 is 59.2 Å². The van der Waals surface area contributed by atoms with Gasteiger partial charge < -0.3 is 73.7 Å². The van der Waals surface area contributed by atoms with Crippen molar-refractivity contribution in [3.05, 3.63) is 48.0 Å². The van der Waals surface area contributed by atoms with Crippen LogP contribution in [-0.4, -0.2) is 156 Å². The number of nitrogens with one attached hydrogen (secondary N) is 7. The van der Waals surface area contributed by atoms with Crippen molar-refractivity contribution in [1.29, 1.82) is 0 Å². The van der Waals surface area contributed by atoms with E-state index in [9.17, 15) is 68.4 Å². The van der Waals surface area contributed by atoms with Crippen LogP contribution in [0.5, 0.6) is 5.75 Å². The molecule has 0 unspecified atom stereocenters. The number of aliphatic hydroxyl groups excluding tert-OH is 1. The van der Waals surface area contributed by atoms with Crippen LogP contribution in [0.1, 0.15) is 83.9 Å². The van der Waals surface area contributed by atoms with E-state index < -0.39 is 126 Å². The van der Waals surface area contributed by atoms with Crippen LogP contribution in [0.25, 0.3) is 0 Å². The molecular weight excluding hydrogens is 907 g/mol. The number of hydrogen-bond acceptors (Lipinski definition) is 14. The van der Waals surface area contributed by atoms with Crippen LogP contribution in [0.3, 0.4) is 0 Å². The molecule has 1 saturated heterocycles. The quantitative estimate of drug-likeness (QED) is 0.0405. The van der Waals surface area contributed by atoms with Gasteiger partial charge in [0.05, 0.1) is 25.4 Å². The van der Waals surface area contributed by atoms with Gasteiger partial charge in [-0.15, -0.1) is 0 Å². The van der Waals surface area contributed by atoms with Gasteiger partial charge in [0.15, 0.2) is 0 Å². The summed E-state index contributed by atoms with van der Waals surface area (Å²) in [5.41, 5.74) is 11.6. The lowest BCUT2D eigenvalue weighted by Gasteiger charge is -2.31. The van der Waals surface area contributed by atoms with Crippen LogP contribution >= 0.6 is 0 Å². The number of phenolic OH excluding ortho intramolecular Hbond substituents is 1. The highest BCUT2D eigenvalue weighted by Crippen LogP contribution is 2.21. The SMILES string of the molecule is CC[C@H](C)[C@H](NC(=O)[C@H](CC(C)C)NC(=O)[C@@H]1CCCN1C(=O)[C@H](Cc1cnc[nH]1)NC(=O)[C@H](CC(=O)O)NC(=O)[C@H](Cc1ccc(O)cc1)NC(=O)[C@H](CO)NC(=O)[C@@H](N)CCC(N)=O)C(=O)O. The number of carbonyl (C=O) groups excluding carboxylic acids is 8. The molecule has 2 aromatic rings. The number of likely N-dealkylation sites (tertiary alicyclic amines) is 1. The van der Waals surface area contributed by atoms with E-state index in [1.54, 1.807) is 27.7 Å². The largest absolute Gasteiger partial charge is 0.508 e. The van der Waals surface area contributed by atoms with Crippen molar-refractivity contribution in [3.8, 4) is 5.75 Å². The lowest BCUT2D eigenvalue weighted by Crippen LogP contribution is -2.61. The molecule has 0 radical (unpaired) electrons. The molecule has 69 heavy (non-hydrogen) atoms. The third-order valence-corrected chi connectivity index (χ3v) is 11.4. The fourth-order valence-electron chi connectivity index (χ4n) is 7.41. The van der Waals surface area contributed by atoms with E-state index in [1.165, 1.54) is 41.7 Å². The van der Waals surface area contributed by atoms with Gasteiger partial charge in [-0.25, -0.2) is 9.78 Å². The average Bonchev–Trinajstić information content (AvgIpc) is 4.01. The molecular formula is C44H65N11O14. The lowest BCUT2D eigenvalue weighted by atomic mass is 9.97. The Morgan fingerprint density at radius 3 is 1.96 bits per heavy atom. The minimum atomic E-state index is -1.90. The highest BCUT2D eigenvalue weighted by atomic mass is 16.4. The summed E-state index contributed by atoms with van der Waals surface area (Å²) in [6, 6.07) is -6.18. The Kier molecular flexibility index (Phi) is 22.0. The number of imidazole rings is 1. The number of amides is 8. The van der Waals surface area contributed by atoms with Crippen LogP contribution in [0, 0.1) is 11.8 Å². The maximum absolute atomic E-state index is 14.5. The number of aromatic hydroxyl groups is 1. The van der Waals surface area contributed by atoms with E-state index in [4.69, 9.17) is 11.5 Å². The molecule has 3 rings (SSSR count). The molecule has 0 aliphatic carbocycles.